The Labute approximate surface area is 162 Å². The van der Waals surface area contributed by atoms with Gasteiger partial charge >= 0.3 is 5.97 Å². The standard InChI is InChI=1S/C22H19NO3S/c1-25-17-11-9-15(10-12-17)18-14-19(18)21(16-6-3-2-4-7-16)23-26-22(24)20-8-5-13-27-20/h2-13,18-19H,14H2,1H3/b23-21-/t18-,19+/m1/s1. The molecule has 3 aromatic rings. The second kappa shape index (κ2) is 7.76. The Morgan fingerprint density at radius 3 is 2.48 bits per heavy atom. The molecule has 4 nitrogen and oxygen atoms in total. The zero-order chi connectivity index (χ0) is 18.6. The van der Waals surface area contributed by atoms with E-state index < -0.39 is 5.97 Å². The van der Waals surface area contributed by atoms with Crippen molar-refractivity contribution < 1.29 is 14.4 Å². The van der Waals surface area contributed by atoms with E-state index in [0.29, 0.717) is 10.8 Å². The van der Waals surface area contributed by atoms with Gasteiger partial charge in [0, 0.05) is 5.92 Å². The van der Waals surface area contributed by atoms with Gasteiger partial charge in [-0.1, -0.05) is 53.7 Å². The first kappa shape index (κ1) is 17.5. The van der Waals surface area contributed by atoms with Crippen molar-refractivity contribution in [1.82, 2.24) is 0 Å². The number of benzene rings is 2. The summed E-state index contributed by atoms with van der Waals surface area (Å²) in [7, 11) is 1.66. The number of carbonyl (C=O) groups is 1. The molecule has 27 heavy (non-hydrogen) atoms. The summed E-state index contributed by atoms with van der Waals surface area (Å²) in [6, 6.07) is 21.6. The quantitative estimate of drug-likeness (QED) is 0.340. The SMILES string of the molecule is COc1ccc([C@H]2C[C@@H]2/C(=N\OC(=O)c2cccs2)c2ccccc2)cc1. The molecule has 5 heteroatoms. The topological polar surface area (TPSA) is 47.9 Å². The van der Waals surface area contributed by atoms with Crippen LogP contribution in [-0.4, -0.2) is 18.8 Å². The van der Waals surface area contributed by atoms with Crippen molar-refractivity contribution in [3.8, 4) is 5.75 Å². The van der Waals surface area contributed by atoms with Crippen LogP contribution in [0.5, 0.6) is 5.75 Å². The molecule has 1 aromatic heterocycles. The molecule has 0 radical (unpaired) electrons. The summed E-state index contributed by atoms with van der Waals surface area (Å²) >= 11 is 1.35. The summed E-state index contributed by atoms with van der Waals surface area (Å²) in [5, 5.41) is 6.12. The molecule has 4 rings (SSSR count). The molecule has 2 aromatic carbocycles. The lowest BCUT2D eigenvalue weighted by Gasteiger charge is -2.07. The Hall–Kier alpha value is -2.92. The van der Waals surface area contributed by atoms with Crippen molar-refractivity contribution in [2.45, 2.75) is 12.3 Å². The summed E-state index contributed by atoms with van der Waals surface area (Å²) in [5.41, 5.74) is 3.05. The summed E-state index contributed by atoms with van der Waals surface area (Å²) < 4.78 is 5.23. The van der Waals surface area contributed by atoms with Crippen LogP contribution in [0.3, 0.4) is 0 Å². The number of ether oxygens (including phenoxy) is 1. The molecule has 2 atom stereocenters. The minimum Gasteiger partial charge on any atom is -0.497 e. The van der Waals surface area contributed by atoms with Crippen molar-refractivity contribution in [2.75, 3.05) is 7.11 Å². The van der Waals surface area contributed by atoms with Gasteiger partial charge in [0.25, 0.3) is 0 Å². The smallest absolute Gasteiger partial charge is 0.375 e. The first-order chi connectivity index (χ1) is 13.3. The molecule has 0 amide bonds. The number of nitrogens with zero attached hydrogens (tertiary/aromatic N) is 1. The average molecular weight is 377 g/mol. The third-order valence-corrected chi connectivity index (χ3v) is 5.55. The van der Waals surface area contributed by atoms with Crippen LogP contribution in [0.4, 0.5) is 0 Å². The fourth-order valence-electron chi connectivity index (χ4n) is 3.19. The fourth-order valence-corrected chi connectivity index (χ4v) is 3.78. The van der Waals surface area contributed by atoms with Gasteiger partial charge in [-0.2, -0.15) is 0 Å². The molecule has 136 valence electrons. The Bertz CT molecular complexity index is 933. The van der Waals surface area contributed by atoms with E-state index in [2.05, 4.69) is 17.3 Å². The number of hydrogen-bond donors (Lipinski definition) is 0. The molecule has 0 aliphatic heterocycles. The van der Waals surface area contributed by atoms with Crippen LogP contribution in [0.25, 0.3) is 0 Å². The van der Waals surface area contributed by atoms with Crippen LogP contribution in [0.2, 0.25) is 0 Å². The summed E-state index contributed by atoms with van der Waals surface area (Å²) in [4.78, 5) is 18.0. The molecule has 1 aliphatic rings. The van der Waals surface area contributed by atoms with E-state index in [1.54, 1.807) is 13.2 Å². The molecule has 1 saturated carbocycles. The highest BCUT2D eigenvalue weighted by Crippen LogP contribution is 2.49. The van der Waals surface area contributed by atoms with E-state index in [-0.39, 0.29) is 5.92 Å². The molecule has 1 aliphatic carbocycles. The van der Waals surface area contributed by atoms with Gasteiger partial charge < -0.3 is 9.57 Å². The lowest BCUT2D eigenvalue weighted by Crippen LogP contribution is -2.08. The van der Waals surface area contributed by atoms with Gasteiger partial charge in [0.05, 0.1) is 12.8 Å². The lowest BCUT2D eigenvalue weighted by molar-refractivity contribution is 0.0521. The van der Waals surface area contributed by atoms with Crippen LogP contribution in [0, 0.1) is 5.92 Å². The van der Waals surface area contributed by atoms with Gasteiger partial charge in [0.15, 0.2) is 0 Å². The third kappa shape index (κ3) is 3.93. The highest BCUT2D eigenvalue weighted by atomic mass is 32.1. The normalized spacial score (nSPS) is 18.8. The van der Waals surface area contributed by atoms with Gasteiger partial charge in [0.2, 0.25) is 0 Å². The van der Waals surface area contributed by atoms with Crippen LogP contribution in [-0.2, 0) is 4.84 Å². The third-order valence-electron chi connectivity index (χ3n) is 4.70. The Morgan fingerprint density at radius 2 is 1.81 bits per heavy atom. The fraction of sp³-hybridized carbons (Fsp3) is 0.182. The van der Waals surface area contributed by atoms with Crippen LogP contribution < -0.4 is 4.74 Å². The highest BCUT2D eigenvalue weighted by molar-refractivity contribution is 7.11. The molecular formula is C22H19NO3S. The predicted octanol–water partition coefficient (Wildman–Crippen LogP) is 5.12. The Kier molecular flexibility index (Phi) is 5.03. The Balaban J connectivity index is 1.56. The molecule has 1 fully saturated rings. The van der Waals surface area contributed by atoms with Gasteiger partial charge in [0.1, 0.15) is 10.6 Å². The molecule has 0 N–H and O–H groups in total. The lowest BCUT2D eigenvalue weighted by atomic mass is 10.0. The average Bonchev–Trinajstić information content (AvgIpc) is 3.30. The van der Waals surface area contributed by atoms with Gasteiger partial charge in [-0.05, 0) is 47.0 Å². The van der Waals surface area contributed by atoms with Crippen molar-refractivity contribution in [3.05, 3.63) is 88.1 Å². The summed E-state index contributed by atoms with van der Waals surface area (Å²) in [5.74, 6) is 1.03. The number of rotatable bonds is 6. The van der Waals surface area contributed by atoms with Gasteiger partial charge in [-0.25, -0.2) is 4.79 Å². The zero-order valence-corrected chi connectivity index (χ0v) is 15.7. The molecule has 0 bridgehead atoms. The molecule has 0 saturated heterocycles. The van der Waals surface area contributed by atoms with Crippen molar-refractivity contribution >= 4 is 23.0 Å². The Morgan fingerprint density at radius 1 is 1.04 bits per heavy atom. The minimum absolute atomic E-state index is 0.233. The van der Waals surface area contributed by atoms with Crippen molar-refractivity contribution in [2.24, 2.45) is 11.1 Å². The number of carbonyl (C=O) groups excluding carboxylic acids is 1. The second-order valence-electron chi connectivity index (χ2n) is 6.42. The van der Waals surface area contributed by atoms with Crippen LogP contribution in [0.15, 0.2) is 77.3 Å². The summed E-state index contributed by atoms with van der Waals surface area (Å²) in [6.07, 6.45) is 0.983. The van der Waals surface area contributed by atoms with Crippen LogP contribution in [0.1, 0.15) is 33.1 Å². The largest absolute Gasteiger partial charge is 0.497 e. The summed E-state index contributed by atoms with van der Waals surface area (Å²) in [6.45, 7) is 0. The van der Waals surface area contributed by atoms with E-state index in [1.165, 1.54) is 16.9 Å². The monoisotopic (exact) mass is 377 g/mol. The van der Waals surface area contributed by atoms with Gasteiger partial charge in [-0.3, -0.25) is 0 Å². The van der Waals surface area contributed by atoms with E-state index in [4.69, 9.17) is 9.57 Å². The van der Waals surface area contributed by atoms with Crippen LogP contribution >= 0.6 is 11.3 Å². The van der Waals surface area contributed by atoms with Crippen molar-refractivity contribution in [1.29, 1.82) is 0 Å². The van der Waals surface area contributed by atoms with Gasteiger partial charge in [-0.15, -0.1) is 11.3 Å². The number of hydrogen-bond acceptors (Lipinski definition) is 5. The highest BCUT2D eigenvalue weighted by Gasteiger charge is 2.43. The molecule has 0 unspecified atom stereocenters. The number of thiophene rings is 1. The van der Waals surface area contributed by atoms with E-state index in [1.807, 2.05) is 53.9 Å². The molecule has 1 heterocycles. The van der Waals surface area contributed by atoms with E-state index in [9.17, 15) is 4.79 Å². The number of oxime groups is 1. The first-order valence-electron chi connectivity index (χ1n) is 8.78. The maximum absolute atomic E-state index is 12.2. The van der Waals surface area contributed by atoms with E-state index in [0.717, 1.165) is 23.4 Å². The first-order valence-corrected chi connectivity index (χ1v) is 9.66. The second-order valence-corrected chi connectivity index (χ2v) is 7.37. The zero-order valence-electron chi connectivity index (χ0n) is 14.9. The maximum atomic E-state index is 12.2. The van der Waals surface area contributed by atoms with E-state index >= 15 is 0 Å². The van der Waals surface area contributed by atoms with Crippen molar-refractivity contribution in [3.63, 3.8) is 0 Å². The molecular weight excluding hydrogens is 358 g/mol. The predicted molar refractivity (Wildman–Crippen MR) is 107 cm³/mol. The minimum atomic E-state index is -0.417. The maximum Gasteiger partial charge on any atom is 0.375 e. The molecule has 0 spiro atoms. The number of methoxy groups -OCH3 is 1.